The molecule has 2 aromatic carbocycles. The van der Waals surface area contributed by atoms with E-state index in [9.17, 15) is 22.8 Å². The molecule has 232 valence electrons. The number of ether oxygens (including phenoxy) is 1. The van der Waals surface area contributed by atoms with Crippen LogP contribution in [0.3, 0.4) is 0 Å². The van der Waals surface area contributed by atoms with Gasteiger partial charge in [-0.1, -0.05) is 29.8 Å². The molecule has 4 aromatic rings. The van der Waals surface area contributed by atoms with E-state index in [4.69, 9.17) is 14.9 Å². The largest absolute Gasteiger partial charge is 0.494 e. The zero-order valence-corrected chi connectivity index (χ0v) is 25.2. The summed E-state index contributed by atoms with van der Waals surface area (Å²) < 4.78 is 51.4. The minimum absolute atomic E-state index is 0.0126. The Morgan fingerprint density at radius 2 is 1.59 bits per heavy atom. The molecule has 2 aromatic heterocycles. The van der Waals surface area contributed by atoms with Crippen LogP contribution in [0.5, 0.6) is 5.75 Å². The molecule has 3 heterocycles. The standard InChI is InChI=1S/C32H34F3N5O4/c1-18-6-8-20(9-7-18)31(3,4)30(42)40-16-14-39(15-17-40)29(41)26-27(19(2)36)44-28(38-26)22-10-12-23(43-5)25-21(22)11-13-24(37-25)32(33,34)35/h6-13,19H,14-17,36H2,1-5H3/t19-/m0/s1. The maximum atomic E-state index is 13.7. The van der Waals surface area contributed by atoms with E-state index >= 15 is 0 Å². The average Bonchev–Trinajstić information content (AvgIpc) is 3.45. The molecule has 1 saturated heterocycles. The van der Waals surface area contributed by atoms with Gasteiger partial charge in [0.05, 0.1) is 18.6 Å². The van der Waals surface area contributed by atoms with Crippen molar-refractivity contribution in [3.05, 3.63) is 76.8 Å². The van der Waals surface area contributed by atoms with Crippen molar-refractivity contribution in [3.63, 3.8) is 0 Å². The predicted molar refractivity (Wildman–Crippen MR) is 158 cm³/mol. The quantitative estimate of drug-likeness (QED) is 0.307. The number of hydrogen-bond acceptors (Lipinski definition) is 7. The molecule has 0 bridgehead atoms. The fourth-order valence-corrected chi connectivity index (χ4v) is 5.36. The summed E-state index contributed by atoms with van der Waals surface area (Å²) in [6.45, 7) is 8.68. The number of nitrogens with two attached hydrogens (primary N) is 1. The highest BCUT2D eigenvalue weighted by Gasteiger charge is 2.37. The maximum absolute atomic E-state index is 13.7. The lowest BCUT2D eigenvalue weighted by Gasteiger charge is -2.38. The number of aryl methyl sites for hydroxylation is 1. The van der Waals surface area contributed by atoms with Gasteiger partial charge < -0.3 is 24.7 Å². The number of carbonyl (C=O) groups is 2. The zero-order chi connectivity index (χ0) is 32.0. The van der Waals surface area contributed by atoms with Gasteiger partial charge in [-0.05, 0) is 57.5 Å². The summed E-state index contributed by atoms with van der Waals surface area (Å²) in [5, 5.41) is 0.303. The number of benzene rings is 2. The molecule has 1 atom stereocenters. The Kier molecular flexibility index (Phi) is 8.15. The van der Waals surface area contributed by atoms with Gasteiger partial charge >= 0.3 is 6.18 Å². The van der Waals surface area contributed by atoms with Crippen LogP contribution in [0.2, 0.25) is 0 Å². The minimum Gasteiger partial charge on any atom is -0.494 e. The van der Waals surface area contributed by atoms with Gasteiger partial charge in [-0.15, -0.1) is 0 Å². The van der Waals surface area contributed by atoms with E-state index in [0.717, 1.165) is 17.2 Å². The summed E-state index contributed by atoms with van der Waals surface area (Å²) in [5.41, 5.74) is 6.70. The van der Waals surface area contributed by atoms with E-state index in [1.165, 1.54) is 19.2 Å². The third-order valence-corrected chi connectivity index (χ3v) is 7.99. The molecule has 0 spiro atoms. The molecule has 1 fully saturated rings. The number of halogens is 3. The zero-order valence-electron chi connectivity index (χ0n) is 25.2. The number of rotatable bonds is 6. The number of hydrogen-bond donors (Lipinski definition) is 1. The number of carbonyl (C=O) groups excluding carboxylic acids is 2. The van der Waals surface area contributed by atoms with E-state index < -0.39 is 29.2 Å². The summed E-state index contributed by atoms with van der Waals surface area (Å²) in [5.74, 6) is -0.130. The fourth-order valence-electron chi connectivity index (χ4n) is 5.36. The predicted octanol–water partition coefficient (Wildman–Crippen LogP) is 5.51. The number of methoxy groups -OCH3 is 1. The van der Waals surface area contributed by atoms with E-state index in [-0.39, 0.29) is 47.6 Å². The van der Waals surface area contributed by atoms with Crippen molar-refractivity contribution >= 4 is 22.7 Å². The summed E-state index contributed by atoms with van der Waals surface area (Å²) in [6, 6.07) is 12.4. The number of alkyl halides is 3. The Morgan fingerprint density at radius 1 is 0.955 bits per heavy atom. The Bertz CT molecular complexity index is 1710. The molecule has 0 radical (unpaired) electrons. The molecule has 2 N–H and O–H groups in total. The van der Waals surface area contributed by atoms with Crippen molar-refractivity contribution in [2.45, 2.75) is 45.3 Å². The van der Waals surface area contributed by atoms with Gasteiger partial charge in [-0.25, -0.2) is 9.97 Å². The molecule has 1 aliphatic heterocycles. The van der Waals surface area contributed by atoms with Gasteiger partial charge in [0.15, 0.2) is 11.5 Å². The Balaban J connectivity index is 1.40. The maximum Gasteiger partial charge on any atom is 0.433 e. The summed E-state index contributed by atoms with van der Waals surface area (Å²) >= 11 is 0. The van der Waals surface area contributed by atoms with Crippen LogP contribution < -0.4 is 10.5 Å². The summed E-state index contributed by atoms with van der Waals surface area (Å²) in [6.07, 6.45) is -4.65. The smallest absolute Gasteiger partial charge is 0.433 e. The van der Waals surface area contributed by atoms with Crippen molar-refractivity contribution < 1.29 is 31.9 Å². The van der Waals surface area contributed by atoms with Crippen LogP contribution in [0.25, 0.3) is 22.4 Å². The van der Waals surface area contributed by atoms with Crippen LogP contribution in [0.4, 0.5) is 13.2 Å². The average molecular weight is 610 g/mol. The number of nitrogens with zero attached hydrogens (tertiary/aromatic N) is 4. The SMILES string of the molecule is COc1ccc(-c2nc(C(=O)N3CCN(C(=O)C(C)(C)c4ccc(C)cc4)CC3)c([C@H](C)N)o2)c2ccc(C(F)(F)F)nc12. The fraction of sp³-hybridized carbons (Fsp3) is 0.375. The summed E-state index contributed by atoms with van der Waals surface area (Å²) in [7, 11) is 1.34. The molecule has 12 heteroatoms. The molecule has 0 unspecified atom stereocenters. The van der Waals surface area contributed by atoms with Crippen LogP contribution in [0.15, 0.2) is 52.9 Å². The van der Waals surface area contributed by atoms with Gasteiger partial charge in [-0.2, -0.15) is 13.2 Å². The number of pyridine rings is 1. The molecule has 9 nitrogen and oxygen atoms in total. The first-order valence-corrected chi connectivity index (χ1v) is 14.2. The van der Waals surface area contributed by atoms with Crippen molar-refractivity contribution in [1.29, 1.82) is 0 Å². The minimum atomic E-state index is -4.65. The lowest BCUT2D eigenvalue weighted by molar-refractivity contribution is -0.141. The first kappa shape index (κ1) is 31.0. The molecular weight excluding hydrogens is 575 g/mol. The highest BCUT2D eigenvalue weighted by molar-refractivity contribution is 5.98. The lowest BCUT2D eigenvalue weighted by atomic mass is 9.82. The normalized spacial score (nSPS) is 15.0. The van der Waals surface area contributed by atoms with Gasteiger partial charge in [0.1, 0.15) is 17.0 Å². The van der Waals surface area contributed by atoms with Crippen molar-refractivity contribution in [1.82, 2.24) is 19.8 Å². The van der Waals surface area contributed by atoms with E-state index in [1.807, 2.05) is 45.0 Å². The number of piperazine rings is 1. The van der Waals surface area contributed by atoms with Crippen LogP contribution >= 0.6 is 0 Å². The summed E-state index contributed by atoms with van der Waals surface area (Å²) in [4.78, 5) is 38.8. The first-order chi connectivity index (χ1) is 20.7. The van der Waals surface area contributed by atoms with Gasteiger partial charge in [0, 0.05) is 37.1 Å². The lowest BCUT2D eigenvalue weighted by Crippen LogP contribution is -2.54. The number of fused-ring (bicyclic) bond motifs is 1. The second-order valence-corrected chi connectivity index (χ2v) is 11.5. The highest BCUT2D eigenvalue weighted by Crippen LogP contribution is 2.37. The number of oxazole rings is 1. The molecule has 0 saturated carbocycles. The molecule has 0 aliphatic carbocycles. The topological polar surface area (TPSA) is 115 Å². The van der Waals surface area contributed by atoms with Crippen molar-refractivity contribution in [2.24, 2.45) is 5.73 Å². The Morgan fingerprint density at radius 3 is 2.18 bits per heavy atom. The number of amides is 2. The number of aromatic nitrogens is 2. The Hall–Kier alpha value is -4.45. The van der Waals surface area contributed by atoms with Crippen molar-refractivity contribution in [2.75, 3.05) is 33.3 Å². The molecule has 2 amide bonds. The molecule has 5 rings (SSSR count). The van der Waals surface area contributed by atoms with Crippen LogP contribution in [-0.4, -0.2) is 64.9 Å². The third-order valence-electron chi connectivity index (χ3n) is 7.99. The van der Waals surface area contributed by atoms with Gasteiger partial charge in [0.2, 0.25) is 11.8 Å². The molecule has 1 aliphatic rings. The van der Waals surface area contributed by atoms with Gasteiger partial charge in [0.25, 0.3) is 5.91 Å². The Labute approximate surface area is 252 Å². The molecule has 44 heavy (non-hydrogen) atoms. The first-order valence-electron chi connectivity index (χ1n) is 14.2. The molecular formula is C32H34F3N5O4. The van der Waals surface area contributed by atoms with E-state index in [0.29, 0.717) is 24.0 Å². The second kappa shape index (κ2) is 11.6. The van der Waals surface area contributed by atoms with Crippen LogP contribution in [0, 0.1) is 6.92 Å². The van der Waals surface area contributed by atoms with Crippen LogP contribution in [-0.2, 0) is 16.4 Å². The van der Waals surface area contributed by atoms with E-state index in [2.05, 4.69) is 9.97 Å². The third kappa shape index (κ3) is 5.73. The van der Waals surface area contributed by atoms with E-state index in [1.54, 1.807) is 22.8 Å². The second-order valence-electron chi connectivity index (χ2n) is 11.5. The van der Waals surface area contributed by atoms with Crippen LogP contribution in [0.1, 0.15) is 59.9 Å². The highest BCUT2D eigenvalue weighted by atomic mass is 19.4. The van der Waals surface area contributed by atoms with Crippen molar-refractivity contribution in [3.8, 4) is 17.2 Å². The van der Waals surface area contributed by atoms with Gasteiger partial charge in [-0.3, -0.25) is 9.59 Å². The monoisotopic (exact) mass is 609 g/mol.